The second kappa shape index (κ2) is 7.19. The lowest BCUT2D eigenvalue weighted by atomic mass is 9.90. The van der Waals surface area contributed by atoms with Crippen LogP contribution < -0.4 is 5.73 Å². The molecule has 5 heteroatoms. The van der Waals surface area contributed by atoms with Gasteiger partial charge in [0.2, 0.25) is 0 Å². The van der Waals surface area contributed by atoms with Crippen molar-refractivity contribution in [3.8, 4) is 5.75 Å². The predicted octanol–water partition coefficient (Wildman–Crippen LogP) is 3.18. The van der Waals surface area contributed by atoms with Gasteiger partial charge in [0.25, 0.3) is 0 Å². The Bertz CT molecular complexity index is 399. The summed E-state index contributed by atoms with van der Waals surface area (Å²) in [6.07, 6.45) is 0.138. The van der Waals surface area contributed by atoms with E-state index in [1.807, 2.05) is 13.8 Å². The van der Waals surface area contributed by atoms with E-state index in [2.05, 4.69) is 0 Å². The molecule has 1 aromatic carbocycles. The van der Waals surface area contributed by atoms with Crippen LogP contribution in [-0.4, -0.2) is 16.3 Å². The average Bonchev–Trinajstić information content (AvgIpc) is 2.30. The Morgan fingerprint density at radius 1 is 1.39 bits per heavy atom. The van der Waals surface area contributed by atoms with E-state index >= 15 is 0 Å². The molecular formula is C13H21Cl2NO2. The molecule has 0 saturated heterocycles. The number of aromatic hydroxyl groups is 1. The molecule has 0 fully saturated rings. The van der Waals surface area contributed by atoms with Crippen LogP contribution in [0.4, 0.5) is 0 Å². The summed E-state index contributed by atoms with van der Waals surface area (Å²) in [4.78, 5) is 0. The highest BCUT2D eigenvalue weighted by molar-refractivity contribution is 6.30. The molecule has 0 aliphatic carbocycles. The molecule has 0 aliphatic heterocycles. The van der Waals surface area contributed by atoms with E-state index < -0.39 is 12.1 Å². The summed E-state index contributed by atoms with van der Waals surface area (Å²) in [5.41, 5.74) is 7.15. The van der Waals surface area contributed by atoms with Crippen LogP contribution >= 0.6 is 24.0 Å². The molecule has 0 bridgehead atoms. The molecule has 0 radical (unpaired) electrons. The summed E-state index contributed by atoms with van der Waals surface area (Å²) in [6.45, 7) is 5.68. The lowest BCUT2D eigenvalue weighted by Crippen LogP contribution is -2.31. The van der Waals surface area contributed by atoms with Gasteiger partial charge >= 0.3 is 0 Å². The number of aliphatic hydroxyl groups is 1. The topological polar surface area (TPSA) is 66.5 Å². The smallest absolute Gasteiger partial charge is 0.123 e. The standard InChI is InChI=1S/C13H20ClNO2.ClH/c1-4-7(2)13(17)11(15)10-6-9(14)5-8(3)12(10)16;/h5-7,11,13,16-17H,4,15H2,1-3H3;1H/t7?,11-,13+;/m1./s1. The first-order valence-corrected chi connectivity index (χ1v) is 6.18. The summed E-state index contributed by atoms with van der Waals surface area (Å²) in [5.74, 6) is 0.188. The summed E-state index contributed by atoms with van der Waals surface area (Å²) >= 11 is 5.94. The fraction of sp³-hybridized carbons (Fsp3) is 0.538. The Balaban J connectivity index is 0.00000289. The quantitative estimate of drug-likeness (QED) is 0.799. The molecule has 1 unspecified atom stereocenters. The first-order chi connectivity index (χ1) is 7.88. The molecule has 0 heterocycles. The molecule has 1 rings (SSSR count). The van der Waals surface area contributed by atoms with Gasteiger partial charge < -0.3 is 15.9 Å². The number of rotatable bonds is 4. The van der Waals surface area contributed by atoms with Crippen LogP contribution in [0.15, 0.2) is 12.1 Å². The van der Waals surface area contributed by atoms with Gasteiger partial charge in [-0.15, -0.1) is 12.4 Å². The lowest BCUT2D eigenvalue weighted by Gasteiger charge is -2.25. The Morgan fingerprint density at radius 3 is 2.44 bits per heavy atom. The first kappa shape index (κ1) is 17.5. The molecule has 3 atom stereocenters. The number of halogens is 2. The van der Waals surface area contributed by atoms with Crippen molar-refractivity contribution in [2.24, 2.45) is 11.7 Å². The van der Waals surface area contributed by atoms with Gasteiger partial charge in [-0.2, -0.15) is 0 Å². The average molecular weight is 294 g/mol. The van der Waals surface area contributed by atoms with Crippen molar-refractivity contribution in [3.05, 3.63) is 28.3 Å². The Hall–Kier alpha value is -0.480. The molecule has 3 nitrogen and oxygen atoms in total. The predicted molar refractivity (Wildman–Crippen MR) is 77.5 cm³/mol. The van der Waals surface area contributed by atoms with E-state index in [1.165, 1.54) is 0 Å². The van der Waals surface area contributed by atoms with E-state index in [0.29, 0.717) is 16.1 Å². The maximum absolute atomic E-state index is 10.1. The zero-order valence-electron chi connectivity index (χ0n) is 10.9. The third-order valence-corrected chi connectivity index (χ3v) is 3.47. The number of benzene rings is 1. The monoisotopic (exact) mass is 293 g/mol. The lowest BCUT2D eigenvalue weighted by molar-refractivity contribution is 0.0871. The second-order valence-corrected chi connectivity index (χ2v) is 5.00. The van der Waals surface area contributed by atoms with Crippen LogP contribution in [-0.2, 0) is 0 Å². The molecule has 18 heavy (non-hydrogen) atoms. The fourth-order valence-corrected chi connectivity index (χ4v) is 2.08. The van der Waals surface area contributed by atoms with E-state index in [0.717, 1.165) is 6.42 Å². The highest BCUT2D eigenvalue weighted by Gasteiger charge is 2.25. The molecule has 104 valence electrons. The van der Waals surface area contributed by atoms with Gasteiger partial charge in [-0.25, -0.2) is 0 Å². The van der Waals surface area contributed by atoms with Crippen LogP contribution in [0.3, 0.4) is 0 Å². The highest BCUT2D eigenvalue weighted by atomic mass is 35.5. The van der Waals surface area contributed by atoms with Crippen molar-refractivity contribution < 1.29 is 10.2 Å². The zero-order valence-corrected chi connectivity index (χ0v) is 12.4. The number of phenolic OH excluding ortho intramolecular Hbond substituents is 1. The van der Waals surface area contributed by atoms with Crippen LogP contribution in [0.5, 0.6) is 5.75 Å². The number of hydrogen-bond donors (Lipinski definition) is 3. The normalized spacial score (nSPS) is 15.7. The molecule has 4 N–H and O–H groups in total. The van der Waals surface area contributed by atoms with Crippen molar-refractivity contribution in [3.63, 3.8) is 0 Å². The summed E-state index contributed by atoms with van der Waals surface area (Å²) in [7, 11) is 0. The van der Waals surface area contributed by atoms with Gasteiger partial charge in [0.05, 0.1) is 12.1 Å². The molecule has 0 aromatic heterocycles. The minimum absolute atomic E-state index is 0. The van der Waals surface area contributed by atoms with E-state index in [-0.39, 0.29) is 24.1 Å². The van der Waals surface area contributed by atoms with Gasteiger partial charge in [0.1, 0.15) is 5.75 Å². The molecule has 0 amide bonds. The Kier molecular flexibility index (Phi) is 7.00. The SMILES string of the molecule is CCC(C)[C@H](O)[C@H](N)c1cc(Cl)cc(C)c1O.Cl. The number of aryl methyl sites for hydroxylation is 1. The van der Waals surface area contributed by atoms with Crippen molar-refractivity contribution in [1.82, 2.24) is 0 Å². The third-order valence-electron chi connectivity index (χ3n) is 3.25. The molecule has 0 aliphatic rings. The van der Waals surface area contributed by atoms with Gasteiger partial charge in [-0.1, -0.05) is 31.9 Å². The second-order valence-electron chi connectivity index (χ2n) is 4.56. The Morgan fingerprint density at radius 2 is 1.94 bits per heavy atom. The van der Waals surface area contributed by atoms with Gasteiger partial charge in [-0.05, 0) is 30.5 Å². The number of hydrogen-bond acceptors (Lipinski definition) is 3. The number of phenols is 1. The minimum Gasteiger partial charge on any atom is -0.507 e. The molecule has 0 saturated carbocycles. The molecular weight excluding hydrogens is 273 g/mol. The number of aliphatic hydroxyl groups excluding tert-OH is 1. The van der Waals surface area contributed by atoms with Crippen molar-refractivity contribution in [1.29, 1.82) is 0 Å². The van der Waals surface area contributed by atoms with Crippen LogP contribution in [0.25, 0.3) is 0 Å². The van der Waals surface area contributed by atoms with E-state index in [4.69, 9.17) is 17.3 Å². The van der Waals surface area contributed by atoms with Gasteiger partial charge in [-0.3, -0.25) is 0 Å². The summed E-state index contributed by atoms with van der Waals surface area (Å²) in [6, 6.07) is 2.66. The summed E-state index contributed by atoms with van der Waals surface area (Å²) in [5, 5.41) is 20.5. The third kappa shape index (κ3) is 3.75. The minimum atomic E-state index is -0.691. The maximum atomic E-state index is 10.1. The van der Waals surface area contributed by atoms with Gasteiger partial charge in [0, 0.05) is 10.6 Å². The maximum Gasteiger partial charge on any atom is 0.123 e. The summed E-state index contributed by atoms with van der Waals surface area (Å²) < 4.78 is 0. The van der Waals surface area contributed by atoms with E-state index in [1.54, 1.807) is 19.1 Å². The highest BCUT2D eigenvalue weighted by Crippen LogP contribution is 2.33. The largest absolute Gasteiger partial charge is 0.507 e. The fourth-order valence-electron chi connectivity index (χ4n) is 1.79. The number of nitrogens with two attached hydrogens (primary N) is 1. The van der Waals surface area contributed by atoms with E-state index in [9.17, 15) is 10.2 Å². The van der Waals surface area contributed by atoms with Gasteiger partial charge in [0.15, 0.2) is 0 Å². The van der Waals surface area contributed by atoms with Crippen molar-refractivity contribution in [2.75, 3.05) is 0 Å². The van der Waals surface area contributed by atoms with Crippen LogP contribution in [0.1, 0.15) is 37.4 Å². The zero-order chi connectivity index (χ0) is 13.2. The molecule has 1 aromatic rings. The van der Waals surface area contributed by atoms with Crippen LogP contribution in [0, 0.1) is 12.8 Å². The molecule has 0 spiro atoms. The Labute approximate surface area is 119 Å². The first-order valence-electron chi connectivity index (χ1n) is 5.81. The van der Waals surface area contributed by atoms with Crippen LogP contribution in [0.2, 0.25) is 5.02 Å². The van der Waals surface area contributed by atoms with Crippen molar-refractivity contribution in [2.45, 2.75) is 39.3 Å². The van der Waals surface area contributed by atoms with Crippen molar-refractivity contribution >= 4 is 24.0 Å².